The normalized spacial score (nSPS) is 13.4. The van der Waals surface area contributed by atoms with E-state index < -0.39 is 0 Å². The highest BCUT2D eigenvalue weighted by molar-refractivity contribution is 5.74. The molecule has 0 aliphatic carbocycles. The maximum atomic E-state index is 13.2. The van der Waals surface area contributed by atoms with Gasteiger partial charge >= 0.3 is 6.03 Å². The summed E-state index contributed by atoms with van der Waals surface area (Å²) in [6.07, 6.45) is 1.23. The van der Waals surface area contributed by atoms with Gasteiger partial charge in [0.1, 0.15) is 11.6 Å². The fourth-order valence-corrected chi connectivity index (χ4v) is 2.71. The molecule has 130 valence electrons. The number of rotatable bonds is 6. The molecule has 0 fully saturated rings. The van der Waals surface area contributed by atoms with Gasteiger partial charge in [0.05, 0.1) is 5.69 Å². The molecule has 0 bridgehead atoms. The fourth-order valence-electron chi connectivity index (χ4n) is 2.71. The van der Waals surface area contributed by atoms with Gasteiger partial charge in [0.2, 0.25) is 0 Å². The van der Waals surface area contributed by atoms with E-state index in [1.165, 1.54) is 12.1 Å². The average Bonchev–Trinajstić information content (AvgIpc) is 2.78. The molecule has 2 unspecified atom stereocenters. The molecule has 2 atom stereocenters. The minimum absolute atomic E-state index is 0.0526. The molecule has 6 heteroatoms. The molecule has 2 N–H and O–H groups in total. The van der Waals surface area contributed by atoms with E-state index in [0.29, 0.717) is 12.8 Å². The van der Waals surface area contributed by atoms with E-state index in [1.54, 1.807) is 6.07 Å². The second kappa shape index (κ2) is 7.95. The summed E-state index contributed by atoms with van der Waals surface area (Å²) in [5, 5.41) is 9.70. The Hall–Kier alpha value is -2.37. The molecule has 2 aromatic rings. The lowest BCUT2D eigenvalue weighted by Crippen LogP contribution is -2.45. The molecule has 0 spiro atoms. The quantitative estimate of drug-likeness (QED) is 0.852. The van der Waals surface area contributed by atoms with Gasteiger partial charge in [-0.05, 0) is 58.2 Å². The van der Waals surface area contributed by atoms with Crippen LogP contribution in [0.4, 0.5) is 9.18 Å². The van der Waals surface area contributed by atoms with Crippen LogP contribution in [0.2, 0.25) is 0 Å². The van der Waals surface area contributed by atoms with Crippen LogP contribution < -0.4 is 10.6 Å². The second-order valence-corrected chi connectivity index (χ2v) is 6.26. The van der Waals surface area contributed by atoms with Gasteiger partial charge in [0.15, 0.2) is 0 Å². The van der Waals surface area contributed by atoms with Gasteiger partial charge in [-0.25, -0.2) is 9.18 Å². The van der Waals surface area contributed by atoms with Gasteiger partial charge in [-0.15, -0.1) is 0 Å². The molecule has 2 rings (SSSR count). The SMILES string of the molecule is Cc1noc(C)c1CC(C)NC(=O)NC(C)Cc1cccc(F)c1. The van der Waals surface area contributed by atoms with E-state index in [4.69, 9.17) is 4.52 Å². The lowest BCUT2D eigenvalue weighted by atomic mass is 10.1. The second-order valence-electron chi connectivity index (χ2n) is 6.26. The van der Waals surface area contributed by atoms with Gasteiger partial charge in [-0.2, -0.15) is 0 Å². The van der Waals surface area contributed by atoms with E-state index in [0.717, 1.165) is 22.6 Å². The molecule has 0 radical (unpaired) electrons. The first-order chi connectivity index (χ1) is 11.3. The molecule has 24 heavy (non-hydrogen) atoms. The summed E-state index contributed by atoms with van der Waals surface area (Å²) in [7, 11) is 0. The zero-order valence-electron chi connectivity index (χ0n) is 14.5. The minimum atomic E-state index is -0.266. The molecular formula is C18H24FN3O2. The lowest BCUT2D eigenvalue weighted by molar-refractivity contribution is 0.234. The predicted octanol–water partition coefficient (Wildman–Crippen LogP) is 3.29. The predicted molar refractivity (Wildman–Crippen MR) is 90.4 cm³/mol. The first-order valence-electron chi connectivity index (χ1n) is 8.08. The smallest absolute Gasteiger partial charge is 0.315 e. The molecule has 1 aromatic carbocycles. The van der Waals surface area contributed by atoms with Gasteiger partial charge in [0.25, 0.3) is 0 Å². The van der Waals surface area contributed by atoms with Crippen LogP contribution in [0.5, 0.6) is 0 Å². The van der Waals surface area contributed by atoms with Crippen molar-refractivity contribution in [3.63, 3.8) is 0 Å². The molecule has 0 saturated carbocycles. The number of aryl methyl sites for hydroxylation is 2. The standard InChI is InChI=1S/C18H24FN3O2/c1-11(8-15-6-5-7-16(19)10-15)20-18(23)21-12(2)9-17-13(3)22-24-14(17)4/h5-7,10-12H,8-9H2,1-4H3,(H2,20,21,23). The summed E-state index contributed by atoms with van der Waals surface area (Å²) in [6, 6.07) is 6.02. The van der Waals surface area contributed by atoms with E-state index in [-0.39, 0.29) is 23.9 Å². The molecule has 0 aliphatic heterocycles. The van der Waals surface area contributed by atoms with Crippen LogP contribution in [0, 0.1) is 19.7 Å². The summed E-state index contributed by atoms with van der Waals surface area (Å²) in [6.45, 7) is 7.58. The topological polar surface area (TPSA) is 67.2 Å². The Balaban J connectivity index is 1.81. The fraction of sp³-hybridized carbons (Fsp3) is 0.444. The van der Waals surface area contributed by atoms with Crippen molar-refractivity contribution < 1.29 is 13.7 Å². The third-order valence-corrected chi connectivity index (χ3v) is 3.88. The Morgan fingerprint density at radius 1 is 1.21 bits per heavy atom. The van der Waals surface area contributed by atoms with Crippen molar-refractivity contribution in [3.8, 4) is 0 Å². The van der Waals surface area contributed by atoms with Crippen molar-refractivity contribution in [2.24, 2.45) is 0 Å². The highest BCUT2D eigenvalue weighted by atomic mass is 19.1. The van der Waals surface area contributed by atoms with E-state index in [9.17, 15) is 9.18 Å². The number of carbonyl (C=O) groups is 1. The molecule has 1 aromatic heterocycles. The van der Waals surface area contributed by atoms with Crippen LogP contribution in [0.15, 0.2) is 28.8 Å². The third-order valence-electron chi connectivity index (χ3n) is 3.88. The Bertz CT molecular complexity index is 680. The van der Waals surface area contributed by atoms with Crippen LogP contribution in [0.25, 0.3) is 0 Å². The third kappa shape index (κ3) is 5.08. The van der Waals surface area contributed by atoms with Crippen molar-refractivity contribution in [2.45, 2.75) is 52.6 Å². The van der Waals surface area contributed by atoms with E-state index in [1.807, 2.05) is 33.8 Å². The first-order valence-corrected chi connectivity index (χ1v) is 8.08. The monoisotopic (exact) mass is 333 g/mol. The van der Waals surface area contributed by atoms with Crippen molar-refractivity contribution in [2.75, 3.05) is 0 Å². The van der Waals surface area contributed by atoms with Crippen molar-refractivity contribution in [1.29, 1.82) is 0 Å². The summed E-state index contributed by atoms with van der Waals surface area (Å²) >= 11 is 0. The van der Waals surface area contributed by atoms with Gasteiger partial charge < -0.3 is 15.2 Å². The van der Waals surface area contributed by atoms with Crippen LogP contribution in [-0.2, 0) is 12.8 Å². The molecule has 0 saturated heterocycles. The number of urea groups is 1. The molecule has 1 heterocycles. The van der Waals surface area contributed by atoms with Crippen LogP contribution >= 0.6 is 0 Å². The maximum absolute atomic E-state index is 13.2. The van der Waals surface area contributed by atoms with Crippen LogP contribution in [0.1, 0.15) is 36.4 Å². The largest absolute Gasteiger partial charge is 0.361 e. The number of hydrogen-bond donors (Lipinski definition) is 2. The lowest BCUT2D eigenvalue weighted by Gasteiger charge is -2.18. The zero-order valence-corrected chi connectivity index (χ0v) is 14.5. The summed E-state index contributed by atoms with van der Waals surface area (Å²) < 4.78 is 18.3. The summed E-state index contributed by atoms with van der Waals surface area (Å²) in [4.78, 5) is 12.1. The number of nitrogens with one attached hydrogen (secondary N) is 2. The number of benzene rings is 1. The molecule has 0 aliphatic rings. The maximum Gasteiger partial charge on any atom is 0.315 e. The highest BCUT2D eigenvalue weighted by Crippen LogP contribution is 2.14. The Kier molecular flexibility index (Phi) is 5.95. The number of carbonyl (C=O) groups excluding carboxylic acids is 1. The van der Waals surface area contributed by atoms with Gasteiger partial charge in [-0.1, -0.05) is 17.3 Å². The van der Waals surface area contributed by atoms with E-state index in [2.05, 4.69) is 15.8 Å². The van der Waals surface area contributed by atoms with Crippen LogP contribution in [0.3, 0.4) is 0 Å². The van der Waals surface area contributed by atoms with Crippen molar-refractivity contribution >= 4 is 6.03 Å². The Labute approximate surface area is 141 Å². The zero-order chi connectivity index (χ0) is 17.7. The van der Waals surface area contributed by atoms with Gasteiger partial charge in [-0.3, -0.25) is 0 Å². The van der Waals surface area contributed by atoms with Crippen LogP contribution in [-0.4, -0.2) is 23.3 Å². The number of aromatic nitrogens is 1. The number of amides is 2. The summed E-state index contributed by atoms with van der Waals surface area (Å²) in [5.74, 6) is 0.512. The Morgan fingerprint density at radius 2 is 1.88 bits per heavy atom. The molecule has 5 nitrogen and oxygen atoms in total. The minimum Gasteiger partial charge on any atom is -0.361 e. The number of nitrogens with zero attached hydrogens (tertiary/aromatic N) is 1. The van der Waals surface area contributed by atoms with Crippen molar-refractivity contribution in [3.05, 3.63) is 52.7 Å². The average molecular weight is 333 g/mol. The van der Waals surface area contributed by atoms with Gasteiger partial charge in [0, 0.05) is 17.6 Å². The van der Waals surface area contributed by atoms with Crippen molar-refractivity contribution in [1.82, 2.24) is 15.8 Å². The number of halogens is 1. The first kappa shape index (κ1) is 18.0. The highest BCUT2D eigenvalue weighted by Gasteiger charge is 2.15. The van der Waals surface area contributed by atoms with E-state index >= 15 is 0 Å². The Morgan fingerprint density at radius 3 is 2.46 bits per heavy atom. The number of hydrogen-bond acceptors (Lipinski definition) is 3. The molecular weight excluding hydrogens is 309 g/mol. The summed E-state index contributed by atoms with van der Waals surface area (Å²) in [5.41, 5.74) is 2.73. The molecule has 2 amide bonds.